The monoisotopic (exact) mass is 1730 g/mol. The van der Waals surface area contributed by atoms with Crippen LogP contribution in [0.5, 0.6) is 23.0 Å². The number of pyridine rings is 3. The second-order valence-corrected chi connectivity index (χ2v) is 33.7. The minimum absolute atomic E-state index is 0. The highest BCUT2D eigenvalue weighted by molar-refractivity contribution is 6.31. The highest BCUT2D eigenvalue weighted by Gasteiger charge is 2.49. The van der Waals surface area contributed by atoms with Crippen molar-refractivity contribution in [3.05, 3.63) is 277 Å². The number of rotatable bonds is 28. The first-order chi connectivity index (χ1) is 57.2. The maximum atomic E-state index is 14.1. The van der Waals surface area contributed by atoms with E-state index in [1.165, 1.54) is 43.5 Å². The number of carbonyl (C=O) groups is 4. The number of carbonyl (C=O) groups excluding carboxylic acids is 4. The minimum Gasteiger partial charge on any atom is -0.493 e. The highest BCUT2D eigenvalue weighted by Crippen LogP contribution is 2.47. The molecule has 10 aromatic rings. The molecule has 20 nitrogen and oxygen atoms in total. The summed E-state index contributed by atoms with van der Waals surface area (Å²) < 4.78 is 75.5. The Labute approximate surface area is 723 Å². The lowest BCUT2D eigenvalue weighted by Crippen LogP contribution is -2.58. The van der Waals surface area contributed by atoms with Gasteiger partial charge in [0.1, 0.15) is 47.5 Å². The molecule has 7 aromatic carbocycles. The van der Waals surface area contributed by atoms with Crippen molar-refractivity contribution in [1.29, 1.82) is 0 Å². The zero-order chi connectivity index (χ0) is 85.6. The molecule has 15 rings (SSSR count). The van der Waals surface area contributed by atoms with E-state index in [4.69, 9.17) is 78.9 Å². The van der Waals surface area contributed by atoms with Gasteiger partial charge in [0.2, 0.25) is 0 Å². The van der Waals surface area contributed by atoms with Crippen molar-refractivity contribution in [3.8, 4) is 56.8 Å². The summed E-state index contributed by atoms with van der Waals surface area (Å²) in [5.74, 6) is 0.339. The molecule has 6 heterocycles. The average Bonchev–Trinajstić information content (AvgIpc) is 0.982. The number of nitrogens with two attached hydrogens (primary N) is 1. The van der Waals surface area contributed by atoms with Gasteiger partial charge < -0.3 is 54.8 Å². The predicted molar refractivity (Wildman–Crippen MR) is 460 cm³/mol. The third-order valence-corrected chi connectivity index (χ3v) is 24.0. The van der Waals surface area contributed by atoms with Gasteiger partial charge in [-0.25, -0.2) is 37.7 Å². The van der Waals surface area contributed by atoms with Gasteiger partial charge in [-0.05, 0) is 261 Å². The minimum atomic E-state index is -1.54. The number of amides is 2. The first-order valence-corrected chi connectivity index (χ1v) is 41.1. The highest BCUT2D eigenvalue weighted by atomic mass is 35.5. The van der Waals surface area contributed by atoms with E-state index in [9.17, 15) is 47.7 Å². The number of nitrogens with one attached hydrogen (secondary N) is 1. The van der Waals surface area contributed by atoms with E-state index in [0.717, 1.165) is 60.9 Å². The fraction of sp³-hybridized carbons (Fsp3) is 0.351. The SMILES string of the molecule is CC(O)(CN)c1cc([C@@]2(C)CCN2C(=O)OCc2ccccc2)cc(-c2ccc(F)c(Cl)c2)n1.COc1cc(C(=O)CCC(C)(O)c2cc([C@@]3(C)CCN3)cc(-c3ccc(F)c(Cl)c3)n2)ccc1OC1CC1.COc1cc(C(=O)CCC(C)(O)c2cc([C@@]3(C)CCN3C(=O)OCc3ccccc3)cc(-c3ccc(F)c(Cl)c3)n2)ccc1OC1CC1.Cl. The Balaban J connectivity index is 0.000000168. The molecule has 5 fully saturated rings. The number of halogens is 7. The molecule has 121 heavy (non-hydrogen) atoms. The molecule has 3 aromatic heterocycles. The van der Waals surface area contributed by atoms with Gasteiger partial charge in [-0.2, -0.15) is 0 Å². The van der Waals surface area contributed by atoms with Crippen molar-refractivity contribution in [2.75, 3.05) is 40.4 Å². The lowest BCUT2D eigenvalue weighted by atomic mass is 9.78. The lowest BCUT2D eigenvalue weighted by molar-refractivity contribution is -0.0108. The number of aromatic nitrogens is 3. The molecule has 27 heteroatoms. The number of ether oxygens (including phenoxy) is 6. The number of hydrogen-bond donors (Lipinski definition) is 5. The van der Waals surface area contributed by atoms with E-state index in [2.05, 4.69) is 17.2 Å². The van der Waals surface area contributed by atoms with Crippen molar-refractivity contribution in [2.24, 2.45) is 5.73 Å². The fourth-order valence-electron chi connectivity index (χ4n) is 14.4. The van der Waals surface area contributed by atoms with Crippen molar-refractivity contribution in [2.45, 2.75) is 171 Å². The molecular weight excluding hydrogens is 1630 g/mol. The van der Waals surface area contributed by atoms with Crippen LogP contribution in [0.15, 0.2) is 188 Å². The van der Waals surface area contributed by atoms with Gasteiger partial charge in [-0.1, -0.05) is 95.5 Å². The number of aliphatic hydroxyl groups is 3. The Morgan fingerprint density at radius 3 is 1.16 bits per heavy atom. The Kier molecular flexibility index (Phi) is 28.0. The van der Waals surface area contributed by atoms with E-state index in [-0.39, 0.29) is 102 Å². The molecule has 6 atom stereocenters. The molecule has 3 unspecified atom stereocenters. The molecule has 636 valence electrons. The number of hydrogen-bond acceptors (Lipinski definition) is 18. The van der Waals surface area contributed by atoms with Crippen molar-refractivity contribution in [1.82, 2.24) is 30.1 Å². The number of nitrogens with zero attached hydrogens (tertiary/aromatic N) is 5. The number of Topliss-reactive ketones (excluding diaryl/α,β-unsaturated/α-hetero) is 2. The molecule has 2 saturated carbocycles. The van der Waals surface area contributed by atoms with Crippen LogP contribution in [-0.2, 0) is 56.1 Å². The Morgan fingerprint density at radius 1 is 0.488 bits per heavy atom. The predicted octanol–water partition coefficient (Wildman–Crippen LogP) is 19.8. The molecule has 0 radical (unpaired) electrons. The van der Waals surface area contributed by atoms with E-state index in [0.29, 0.717) is 116 Å². The smallest absolute Gasteiger partial charge is 0.410 e. The van der Waals surface area contributed by atoms with Crippen molar-refractivity contribution in [3.63, 3.8) is 0 Å². The van der Waals surface area contributed by atoms with Gasteiger partial charge in [0.05, 0.1) is 86.7 Å². The summed E-state index contributed by atoms with van der Waals surface area (Å²) in [4.78, 5) is 70.0. The van der Waals surface area contributed by atoms with E-state index >= 15 is 0 Å². The van der Waals surface area contributed by atoms with Crippen LogP contribution in [0, 0.1) is 17.5 Å². The van der Waals surface area contributed by atoms with Gasteiger partial charge in [0, 0.05) is 65.8 Å². The molecular formula is C94H98Cl4F3N7O13. The quantitative estimate of drug-likeness (QED) is 0.0285. The summed E-state index contributed by atoms with van der Waals surface area (Å²) in [6.45, 7) is 13.0. The first kappa shape index (κ1) is 90.1. The molecule has 3 saturated heterocycles. The van der Waals surface area contributed by atoms with Crippen molar-refractivity contribution >= 4 is 71.0 Å². The average molecular weight is 1730 g/mol. The summed E-state index contributed by atoms with van der Waals surface area (Å²) in [5.41, 5.74) is 9.34. The van der Waals surface area contributed by atoms with Gasteiger partial charge in [0.15, 0.2) is 34.6 Å². The fourth-order valence-corrected chi connectivity index (χ4v) is 14.9. The second-order valence-electron chi connectivity index (χ2n) is 32.4. The van der Waals surface area contributed by atoms with Crippen LogP contribution in [0.1, 0.15) is 178 Å². The third kappa shape index (κ3) is 21.1. The molecule has 2 amide bonds. The number of benzene rings is 7. The molecule has 3 aliphatic heterocycles. The molecule has 0 bridgehead atoms. The van der Waals surface area contributed by atoms with Gasteiger partial charge >= 0.3 is 12.2 Å². The molecule has 6 N–H and O–H groups in total. The van der Waals surface area contributed by atoms with Crippen LogP contribution < -0.4 is 30.0 Å². The van der Waals surface area contributed by atoms with Crippen LogP contribution in [0.3, 0.4) is 0 Å². The van der Waals surface area contributed by atoms with E-state index in [1.54, 1.807) is 104 Å². The van der Waals surface area contributed by atoms with Crippen molar-refractivity contribution < 1.29 is 76.1 Å². The third-order valence-electron chi connectivity index (χ3n) is 23.2. The van der Waals surface area contributed by atoms with Gasteiger partial charge in [-0.15, -0.1) is 12.4 Å². The van der Waals surface area contributed by atoms with Crippen LogP contribution in [-0.4, -0.2) is 116 Å². The van der Waals surface area contributed by atoms with Crippen LogP contribution >= 0.6 is 47.2 Å². The Bertz CT molecular complexity index is 5450. The summed E-state index contributed by atoms with van der Waals surface area (Å²) >= 11 is 18.2. The Morgan fingerprint density at radius 2 is 0.843 bits per heavy atom. The van der Waals surface area contributed by atoms with Crippen LogP contribution in [0.4, 0.5) is 22.8 Å². The number of likely N-dealkylation sites (tertiary alicyclic amines) is 2. The van der Waals surface area contributed by atoms with E-state index < -0.39 is 57.5 Å². The van der Waals surface area contributed by atoms with Gasteiger partial charge in [-0.3, -0.25) is 19.4 Å². The lowest BCUT2D eigenvalue weighted by Gasteiger charge is -2.50. The molecule has 5 aliphatic rings. The molecule has 0 spiro atoms. The van der Waals surface area contributed by atoms with Gasteiger partial charge in [0.25, 0.3) is 0 Å². The second kappa shape index (κ2) is 37.7. The van der Waals surface area contributed by atoms with Crippen LogP contribution in [0.2, 0.25) is 15.1 Å². The maximum Gasteiger partial charge on any atom is 0.410 e. The zero-order valence-corrected chi connectivity index (χ0v) is 71.6. The number of methoxy groups -OCH3 is 2. The summed E-state index contributed by atoms with van der Waals surface area (Å²) in [6.07, 6.45) is 6.21. The zero-order valence-electron chi connectivity index (χ0n) is 68.5. The largest absolute Gasteiger partial charge is 0.493 e. The topological polar surface area (TPSA) is 268 Å². The van der Waals surface area contributed by atoms with Crippen LogP contribution in [0.25, 0.3) is 33.8 Å². The standard InChI is InChI=1S/C38H38ClFN2O6.C30H32ClFN2O4.C26H27ClFN3O3.ClH/c1-37(17-18-42(37)36(44)47-23-24-7-5-4-6-8-24)27-21-31(25-9-13-30(40)29(39)19-25)41-35(22-27)38(2,45)16-15-32(43)26-10-14-33(34(20-26)46-3)48-28-11-12-28;1-29(12-13-33-29)20-16-24(18-4-8-23(32)22(31)14-18)34-28(17-20)30(2,36)11-10-25(35)19-5-9-26(27(15-19)37-3)38-21-6-7-21;1-25(10-11-31(25)24(32)34-15-17-6-4-3-5-7-17)19-13-22(18-8-9-21(28)20(27)12-18)30-23(14-19)26(2,33)16-29;/h4-10,13-14,19-22,28,45H,11-12,15-18,23H2,1-3H3;4-5,8-9,14-17,21,33,36H,6-7,10-13H2,1-3H3;3-9,12-14,33H,10-11,15-16,29H2,1-2H3;1H/t37-,38?;29-,30?;25-,26?;/m111./s1. The van der Waals surface area contributed by atoms with E-state index in [1.807, 2.05) is 98.8 Å². The maximum absolute atomic E-state index is 14.1. The normalized spacial score (nSPS) is 19.1. The molecule has 2 aliphatic carbocycles. The summed E-state index contributed by atoms with van der Waals surface area (Å²) in [7, 11) is 3.08. The summed E-state index contributed by atoms with van der Waals surface area (Å²) in [5, 5.41) is 37.5. The number of ketones is 2. The summed E-state index contributed by atoms with van der Waals surface area (Å²) in [6, 6.07) is 53.3. The first-order valence-electron chi connectivity index (χ1n) is 40.0. The Hall–Kier alpha value is -10.2.